The van der Waals surface area contributed by atoms with Crippen molar-refractivity contribution in [3.63, 3.8) is 0 Å². The zero-order chi connectivity index (χ0) is 14.8. The summed E-state index contributed by atoms with van der Waals surface area (Å²) in [5, 5.41) is 29.9. The molecule has 0 saturated carbocycles. The first kappa shape index (κ1) is 16.7. The molecule has 0 aliphatic carbocycles. The number of carbonyl (C=O) groups excluding carboxylic acids is 1. The van der Waals surface area contributed by atoms with Crippen LogP contribution >= 0.6 is 0 Å². The van der Waals surface area contributed by atoms with Gasteiger partial charge in [-0.05, 0) is 12.8 Å². The van der Waals surface area contributed by atoms with Crippen molar-refractivity contribution in [3.05, 3.63) is 0 Å². The molecular formula is C10H16N2O7. The van der Waals surface area contributed by atoms with E-state index in [9.17, 15) is 19.2 Å². The summed E-state index contributed by atoms with van der Waals surface area (Å²) in [6.45, 7) is 0.0867. The average Bonchev–Trinajstić information content (AvgIpc) is 2.29. The molecule has 0 bridgehead atoms. The highest BCUT2D eigenvalue weighted by molar-refractivity contribution is 5.83. The second-order valence-corrected chi connectivity index (χ2v) is 3.72. The van der Waals surface area contributed by atoms with Gasteiger partial charge in [-0.2, -0.15) is 0 Å². The van der Waals surface area contributed by atoms with Gasteiger partial charge >= 0.3 is 23.9 Å². The van der Waals surface area contributed by atoms with E-state index in [0.717, 1.165) is 0 Å². The Hall–Kier alpha value is -2.32. The fraction of sp³-hybridized carbons (Fsp3) is 0.600. The smallest absolute Gasteiger partial charge is 0.326 e. The molecule has 0 heterocycles. The molecule has 0 aromatic carbocycles. The zero-order valence-corrected chi connectivity index (χ0v) is 10.1. The van der Waals surface area contributed by atoms with Crippen molar-refractivity contribution >= 4 is 23.9 Å². The van der Waals surface area contributed by atoms with Crippen LogP contribution < -0.4 is 10.6 Å². The highest BCUT2D eigenvalue weighted by Gasteiger charge is 2.20. The Bertz CT molecular complexity index is 356. The van der Waals surface area contributed by atoms with Crippen LogP contribution in [0.1, 0.15) is 25.7 Å². The van der Waals surface area contributed by atoms with Gasteiger partial charge in [-0.1, -0.05) is 0 Å². The summed E-state index contributed by atoms with van der Waals surface area (Å²) >= 11 is 0. The maximum absolute atomic E-state index is 11.3. The van der Waals surface area contributed by atoms with Crippen LogP contribution in [0.4, 0.5) is 4.79 Å². The van der Waals surface area contributed by atoms with E-state index < -0.39 is 30.0 Å². The second kappa shape index (κ2) is 8.72. The number of nitrogens with one attached hydrogen (secondary N) is 2. The van der Waals surface area contributed by atoms with Gasteiger partial charge in [-0.15, -0.1) is 0 Å². The van der Waals surface area contributed by atoms with Gasteiger partial charge in [0, 0.05) is 19.4 Å². The molecule has 0 radical (unpaired) electrons. The van der Waals surface area contributed by atoms with Crippen molar-refractivity contribution in [2.24, 2.45) is 0 Å². The van der Waals surface area contributed by atoms with Gasteiger partial charge in [0.25, 0.3) is 0 Å². The van der Waals surface area contributed by atoms with Crippen LogP contribution in [0.3, 0.4) is 0 Å². The van der Waals surface area contributed by atoms with Gasteiger partial charge in [-0.3, -0.25) is 9.59 Å². The summed E-state index contributed by atoms with van der Waals surface area (Å²) in [6.07, 6.45) is -0.499. The van der Waals surface area contributed by atoms with Gasteiger partial charge in [0.2, 0.25) is 0 Å². The lowest BCUT2D eigenvalue weighted by molar-refractivity contribution is -0.140. The molecule has 0 rings (SSSR count). The summed E-state index contributed by atoms with van der Waals surface area (Å²) in [7, 11) is 0. The molecule has 9 heteroatoms. The number of amides is 2. The Morgan fingerprint density at radius 3 is 2.00 bits per heavy atom. The molecule has 0 aliphatic heterocycles. The monoisotopic (exact) mass is 276 g/mol. The SMILES string of the molecule is O=C(O)CCCNC(=O)NC(CCC(=O)O)C(=O)O. The summed E-state index contributed by atoms with van der Waals surface area (Å²) in [6, 6.07) is -2.07. The average molecular weight is 276 g/mol. The Morgan fingerprint density at radius 1 is 0.947 bits per heavy atom. The summed E-state index contributed by atoms with van der Waals surface area (Å²) in [4.78, 5) is 42.5. The third-order valence-corrected chi connectivity index (χ3v) is 2.10. The largest absolute Gasteiger partial charge is 0.481 e. The van der Waals surface area contributed by atoms with E-state index >= 15 is 0 Å². The van der Waals surface area contributed by atoms with Crippen LogP contribution in [0, 0.1) is 0 Å². The molecule has 9 nitrogen and oxygen atoms in total. The predicted octanol–water partition coefficient (Wildman–Crippen LogP) is -0.532. The van der Waals surface area contributed by atoms with Gasteiger partial charge in [0.15, 0.2) is 0 Å². The van der Waals surface area contributed by atoms with E-state index in [2.05, 4.69) is 10.6 Å². The fourth-order valence-corrected chi connectivity index (χ4v) is 1.18. The van der Waals surface area contributed by atoms with E-state index in [0.29, 0.717) is 0 Å². The first-order valence-corrected chi connectivity index (χ1v) is 5.53. The number of carbonyl (C=O) groups is 4. The Morgan fingerprint density at radius 2 is 1.53 bits per heavy atom. The molecule has 0 saturated heterocycles. The first-order chi connectivity index (χ1) is 8.82. The van der Waals surface area contributed by atoms with Crippen molar-refractivity contribution in [1.82, 2.24) is 10.6 Å². The lowest BCUT2D eigenvalue weighted by Gasteiger charge is -2.14. The molecule has 0 aliphatic rings. The van der Waals surface area contributed by atoms with Crippen molar-refractivity contribution in [2.45, 2.75) is 31.7 Å². The molecule has 0 fully saturated rings. The van der Waals surface area contributed by atoms with Crippen LogP contribution in [-0.2, 0) is 14.4 Å². The second-order valence-electron chi connectivity index (χ2n) is 3.72. The Labute approximate surface area is 108 Å². The van der Waals surface area contributed by atoms with E-state index in [-0.39, 0.29) is 32.2 Å². The summed E-state index contributed by atoms with van der Waals surface area (Å²) < 4.78 is 0. The van der Waals surface area contributed by atoms with E-state index in [1.807, 2.05) is 0 Å². The molecule has 1 unspecified atom stereocenters. The molecule has 1 atom stereocenters. The van der Waals surface area contributed by atoms with E-state index in [4.69, 9.17) is 15.3 Å². The number of hydrogen-bond donors (Lipinski definition) is 5. The minimum Gasteiger partial charge on any atom is -0.481 e. The third-order valence-electron chi connectivity index (χ3n) is 2.10. The molecule has 5 N–H and O–H groups in total. The van der Waals surface area contributed by atoms with Crippen molar-refractivity contribution < 1.29 is 34.5 Å². The highest BCUT2D eigenvalue weighted by Crippen LogP contribution is 1.98. The van der Waals surface area contributed by atoms with Gasteiger partial charge in [-0.25, -0.2) is 9.59 Å². The molecule has 0 aromatic rings. The minimum absolute atomic E-state index is 0.0867. The topological polar surface area (TPSA) is 153 Å². The molecule has 0 spiro atoms. The third kappa shape index (κ3) is 9.39. The Balaban J connectivity index is 3.99. The fourth-order valence-electron chi connectivity index (χ4n) is 1.18. The van der Waals surface area contributed by atoms with Crippen LogP contribution in [0.2, 0.25) is 0 Å². The number of aliphatic carboxylic acids is 3. The maximum Gasteiger partial charge on any atom is 0.326 e. The van der Waals surface area contributed by atoms with Gasteiger partial charge in [0.1, 0.15) is 6.04 Å². The molecule has 19 heavy (non-hydrogen) atoms. The number of carboxylic acid groups (broad SMARTS) is 3. The molecule has 2 amide bonds. The Kier molecular flexibility index (Phi) is 7.66. The molecular weight excluding hydrogens is 260 g/mol. The number of rotatable bonds is 9. The number of carboxylic acids is 3. The van der Waals surface area contributed by atoms with Crippen molar-refractivity contribution in [2.75, 3.05) is 6.54 Å². The lowest BCUT2D eigenvalue weighted by Crippen LogP contribution is -2.46. The van der Waals surface area contributed by atoms with Crippen LogP contribution in [-0.4, -0.2) is 51.8 Å². The zero-order valence-electron chi connectivity index (χ0n) is 10.1. The van der Waals surface area contributed by atoms with E-state index in [1.54, 1.807) is 0 Å². The lowest BCUT2D eigenvalue weighted by atomic mass is 10.1. The van der Waals surface area contributed by atoms with E-state index in [1.165, 1.54) is 0 Å². The van der Waals surface area contributed by atoms with Crippen LogP contribution in [0.5, 0.6) is 0 Å². The normalized spacial score (nSPS) is 11.4. The highest BCUT2D eigenvalue weighted by atomic mass is 16.4. The number of urea groups is 1. The van der Waals surface area contributed by atoms with Crippen LogP contribution in [0.15, 0.2) is 0 Å². The molecule has 0 aromatic heterocycles. The van der Waals surface area contributed by atoms with Crippen molar-refractivity contribution in [3.8, 4) is 0 Å². The molecule has 108 valence electrons. The minimum atomic E-state index is -1.33. The van der Waals surface area contributed by atoms with Crippen LogP contribution in [0.25, 0.3) is 0 Å². The summed E-state index contributed by atoms with van der Waals surface area (Å²) in [5.74, 6) is -3.48. The first-order valence-electron chi connectivity index (χ1n) is 5.53. The maximum atomic E-state index is 11.3. The predicted molar refractivity (Wildman–Crippen MR) is 61.7 cm³/mol. The van der Waals surface area contributed by atoms with Gasteiger partial charge < -0.3 is 26.0 Å². The van der Waals surface area contributed by atoms with Gasteiger partial charge in [0.05, 0.1) is 0 Å². The van der Waals surface area contributed by atoms with Crippen molar-refractivity contribution in [1.29, 1.82) is 0 Å². The number of hydrogen-bond acceptors (Lipinski definition) is 4. The standard InChI is InChI=1S/C10H16N2O7/c13-7(14)2-1-5-11-10(19)12-6(9(17)18)3-4-8(15)16/h6H,1-5H2,(H,13,14)(H,15,16)(H,17,18)(H2,11,12,19). The summed E-state index contributed by atoms with van der Waals surface area (Å²) in [5.41, 5.74) is 0. The quantitative estimate of drug-likeness (QED) is 0.355.